The molecule has 0 fully saturated rings. The number of alkyl halides is 4. The van der Waals surface area contributed by atoms with Crippen molar-refractivity contribution in [1.82, 2.24) is 15.3 Å². The van der Waals surface area contributed by atoms with Crippen molar-refractivity contribution in [2.75, 3.05) is 12.0 Å². The summed E-state index contributed by atoms with van der Waals surface area (Å²) in [5.74, 6) is 0.135. The zero-order chi connectivity index (χ0) is 23.8. The molecule has 176 valence electrons. The van der Waals surface area contributed by atoms with Gasteiger partial charge in [0.05, 0.1) is 17.1 Å². The maximum absolute atomic E-state index is 12.7. The summed E-state index contributed by atoms with van der Waals surface area (Å²) >= 11 is 1.62. The van der Waals surface area contributed by atoms with Crippen LogP contribution >= 0.6 is 11.8 Å². The molecule has 11 heteroatoms. The Balaban J connectivity index is 1.77. The Bertz CT molecular complexity index is 1070. The Kier molecular flexibility index (Phi) is 8.58. The molecule has 0 saturated carbocycles. The van der Waals surface area contributed by atoms with Crippen LogP contribution in [0.5, 0.6) is 11.5 Å². The molecule has 0 aliphatic rings. The van der Waals surface area contributed by atoms with Crippen molar-refractivity contribution < 1.29 is 31.8 Å². The number of rotatable bonds is 11. The third kappa shape index (κ3) is 7.14. The minimum atomic E-state index is -3.18. The number of nitrogens with zero attached hydrogens (tertiary/aromatic N) is 1. The summed E-state index contributed by atoms with van der Waals surface area (Å²) in [5, 5.41) is 2.85. The number of carbonyl (C=O) groups excluding carboxylic acids is 1. The Morgan fingerprint density at radius 2 is 1.91 bits per heavy atom. The van der Waals surface area contributed by atoms with Crippen molar-refractivity contribution in [2.24, 2.45) is 0 Å². The summed E-state index contributed by atoms with van der Waals surface area (Å²) < 4.78 is 58.8. The molecular weight excluding hydrogens is 462 g/mol. The van der Waals surface area contributed by atoms with Gasteiger partial charge in [-0.3, -0.25) is 4.79 Å². The molecule has 0 spiro atoms. The first-order valence-corrected chi connectivity index (χ1v) is 11.2. The van der Waals surface area contributed by atoms with Crippen LogP contribution < -0.4 is 14.8 Å². The number of aromatic amines is 1. The first-order valence-electron chi connectivity index (χ1n) is 9.81. The molecular formula is C22H21F4N3O3S. The van der Waals surface area contributed by atoms with Gasteiger partial charge in [-0.2, -0.15) is 29.3 Å². The number of H-pyrrole nitrogens is 1. The summed E-state index contributed by atoms with van der Waals surface area (Å²) in [7, 11) is 0. The standard InChI is InChI=1S/C22H21F4N3O3S/c1-33-11-10-17(20-28-15-4-2-3-5-16(15)29-20)27-19(30)9-7-13-6-8-14(31-21(23)24)12-18(13)32-22(25)26/h2-9,12,17,21-22H,10-11H2,1H3,(H,27,30)(H,28,29)/b9-7+. The highest BCUT2D eigenvalue weighted by atomic mass is 32.2. The Morgan fingerprint density at radius 3 is 2.61 bits per heavy atom. The Hall–Kier alpha value is -3.21. The summed E-state index contributed by atoms with van der Waals surface area (Å²) in [6, 6.07) is 10.4. The van der Waals surface area contributed by atoms with Gasteiger partial charge >= 0.3 is 13.2 Å². The van der Waals surface area contributed by atoms with E-state index in [1.807, 2.05) is 30.5 Å². The predicted molar refractivity (Wildman–Crippen MR) is 119 cm³/mol. The number of ether oxygens (including phenoxy) is 2. The monoisotopic (exact) mass is 483 g/mol. The number of hydrogen-bond donors (Lipinski definition) is 2. The number of thioether (sulfide) groups is 1. The van der Waals surface area contributed by atoms with Crippen molar-refractivity contribution in [3.05, 3.63) is 59.9 Å². The Morgan fingerprint density at radius 1 is 1.15 bits per heavy atom. The number of para-hydroxylation sites is 2. The van der Waals surface area contributed by atoms with Gasteiger partial charge in [-0.15, -0.1) is 0 Å². The molecule has 1 unspecified atom stereocenters. The van der Waals surface area contributed by atoms with E-state index in [0.717, 1.165) is 35.0 Å². The molecule has 0 aliphatic heterocycles. The highest BCUT2D eigenvalue weighted by Gasteiger charge is 2.18. The number of halogens is 4. The van der Waals surface area contributed by atoms with Gasteiger partial charge in [0.1, 0.15) is 17.3 Å². The van der Waals surface area contributed by atoms with E-state index in [9.17, 15) is 22.4 Å². The van der Waals surface area contributed by atoms with E-state index in [1.165, 1.54) is 12.1 Å². The van der Waals surface area contributed by atoms with E-state index in [-0.39, 0.29) is 11.3 Å². The van der Waals surface area contributed by atoms with Gasteiger partial charge in [-0.05, 0) is 48.8 Å². The van der Waals surface area contributed by atoms with E-state index >= 15 is 0 Å². The molecule has 2 N–H and O–H groups in total. The number of nitrogens with one attached hydrogen (secondary N) is 2. The lowest BCUT2D eigenvalue weighted by molar-refractivity contribution is -0.117. The number of hydrogen-bond acceptors (Lipinski definition) is 5. The van der Waals surface area contributed by atoms with E-state index < -0.39 is 30.9 Å². The fourth-order valence-electron chi connectivity index (χ4n) is 3.06. The summed E-state index contributed by atoms with van der Waals surface area (Å²) in [6.07, 6.45) is 4.96. The fourth-order valence-corrected chi connectivity index (χ4v) is 3.53. The fraction of sp³-hybridized carbons (Fsp3) is 0.273. The highest BCUT2D eigenvalue weighted by Crippen LogP contribution is 2.28. The predicted octanol–water partition coefficient (Wildman–Crippen LogP) is 5.39. The van der Waals surface area contributed by atoms with E-state index in [0.29, 0.717) is 12.2 Å². The number of imidazole rings is 1. The molecule has 1 heterocycles. The third-order valence-electron chi connectivity index (χ3n) is 4.51. The van der Waals surface area contributed by atoms with Crippen LogP contribution in [0.25, 0.3) is 17.1 Å². The van der Waals surface area contributed by atoms with Crippen LogP contribution in [0.3, 0.4) is 0 Å². The summed E-state index contributed by atoms with van der Waals surface area (Å²) in [4.78, 5) is 20.3. The van der Waals surface area contributed by atoms with Crippen LogP contribution in [0.15, 0.2) is 48.5 Å². The average Bonchev–Trinajstić information content (AvgIpc) is 3.19. The summed E-state index contributed by atoms with van der Waals surface area (Å²) in [6.45, 7) is -6.30. The second-order valence-electron chi connectivity index (χ2n) is 6.77. The topological polar surface area (TPSA) is 76.2 Å². The van der Waals surface area contributed by atoms with Crippen LogP contribution in [-0.4, -0.2) is 41.1 Å². The second-order valence-corrected chi connectivity index (χ2v) is 7.76. The number of carbonyl (C=O) groups is 1. The zero-order valence-electron chi connectivity index (χ0n) is 17.4. The SMILES string of the molecule is CSCCC(NC(=O)/C=C/c1ccc(OC(F)F)cc1OC(F)F)c1nc2ccccc2[nH]1. The molecule has 1 amide bonds. The summed E-state index contributed by atoms with van der Waals surface area (Å²) in [5.41, 5.74) is 1.70. The lowest BCUT2D eigenvalue weighted by Gasteiger charge is -2.15. The van der Waals surface area contributed by atoms with Crippen molar-refractivity contribution >= 4 is 34.8 Å². The quantitative estimate of drug-likeness (QED) is 0.283. The van der Waals surface area contributed by atoms with E-state index in [1.54, 1.807) is 11.8 Å². The lowest BCUT2D eigenvalue weighted by Crippen LogP contribution is -2.28. The minimum absolute atomic E-state index is 0.0940. The normalized spacial score (nSPS) is 12.6. The van der Waals surface area contributed by atoms with Crippen LogP contribution in [-0.2, 0) is 4.79 Å². The van der Waals surface area contributed by atoms with Crippen LogP contribution in [0.4, 0.5) is 17.6 Å². The first-order chi connectivity index (χ1) is 15.9. The average molecular weight is 483 g/mol. The molecule has 0 radical (unpaired) electrons. The molecule has 0 bridgehead atoms. The van der Waals surface area contributed by atoms with Crippen molar-refractivity contribution in [2.45, 2.75) is 25.7 Å². The maximum Gasteiger partial charge on any atom is 0.387 e. The molecule has 3 aromatic rings. The molecule has 1 atom stereocenters. The largest absolute Gasteiger partial charge is 0.435 e. The van der Waals surface area contributed by atoms with Crippen LogP contribution in [0.1, 0.15) is 23.9 Å². The number of aromatic nitrogens is 2. The minimum Gasteiger partial charge on any atom is -0.435 e. The van der Waals surface area contributed by atoms with Gasteiger partial charge in [-0.25, -0.2) is 4.98 Å². The number of benzene rings is 2. The van der Waals surface area contributed by atoms with Gasteiger partial charge in [0, 0.05) is 17.7 Å². The molecule has 6 nitrogen and oxygen atoms in total. The molecule has 1 aromatic heterocycles. The Labute approximate surface area is 191 Å². The molecule has 0 saturated heterocycles. The number of fused-ring (bicyclic) bond motifs is 1. The van der Waals surface area contributed by atoms with Gasteiger partial charge in [0.15, 0.2) is 0 Å². The number of amides is 1. The molecule has 0 aliphatic carbocycles. The highest BCUT2D eigenvalue weighted by molar-refractivity contribution is 7.98. The smallest absolute Gasteiger partial charge is 0.387 e. The maximum atomic E-state index is 12.7. The molecule has 3 rings (SSSR count). The third-order valence-corrected chi connectivity index (χ3v) is 5.15. The molecule has 33 heavy (non-hydrogen) atoms. The van der Waals surface area contributed by atoms with Crippen molar-refractivity contribution in [3.63, 3.8) is 0 Å². The van der Waals surface area contributed by atoms with E-state index in [2.05, 4.69) is 24.8 Å². The lowest BCUT2D eigenvalue weighted by atomic mass is 10.1. The van der Waals surface area contributed by atoms with Gasteiger partial charge in [0.25, 0.3) is 0 Å². The van der Waals surface area contributed by atoms with Crippen LogP contribution in [0, 0.1) is 0 Å². The first kappa shape index (κ1) is 24.4. The van der Waals surface area contributed by atoms with Gasteiger partial charge in [-0.1, -0.05) is 12.1 Å². The van der Waals surface area contributed by atoms with Crippen molar-refractivity contribution in [3.8, 4) is 11.5 Å². The zero-order valence-corrected chi connectivity index (χ0v) is 18.3. The van der Waals surface area contributed by atoms with Crippen LogP contribution in [0.2, 0.25) is 0 Å². The van der Waals surface area contributed by atoms with E-state index in [4.69, 9.17) is 0 Å². The van der Waals surface area contributed by atoms with Crippen molar-refractivity contribution in [1.29, 1.82) is 0 Å². The second kappa shape index (κ2) is 11.6. The van der Waals surface area contributed by atoms with Gasteiger partial charge in [0.2, 0.25) is 5.91 Å². The molecule has 2 aromatic carbocycles. The van der Waals surface area contributed by atoms with Gasteiger partial charge < -0.3 is 19.8 Å².